The molecule has 0 aliphatic carbocycles. The molecule has 1 fully saturated rings. The zero-order valence-electron chi connectivity index (χ0n) is 19.7. The summed E-state index contributed by atoms with van der Waals surface area (Å²) in [5, 5.41) is 15.3. The van der Waals surface area contributed by atoms with Crippen LogP contribution in [0.2, 0.25) is 0 Å². The summed E-state index contributed by atoms with van der Waals surface area (Å²) in [6.45, 7) is 2.90. The number of carboxylic acids is 1. The number of aliphatic carboxylic acids is 1. The van der Waals surface area contributed by atoms with E-state index in [1.54, 1.807) is 12.1 Å². The molecular weight excluding hydrogens is 504 g/mol. The molecular formula is C24H30N4O6S2. The van der Waals surface area contributed by atoms with E-state index in [-0.39, 0.29) is 10.8 Å². The third-order valence-corrected chi connectivity index (χ3v) is 9.22. The number of carbonyl (C=O) groups excluding carboxylic acids is 2. The van der Waals surface area contributed by atoms with Crippen LogP contribution in [-0.2, 0) is 21.2 Å². The zero-order valence-corrected chi connectivity index (χ0v) is 21.4. The third kappa shape index (κ3) is 6.30. The number of carboxylic acid groups (broad SMARTS) is 1. The topological polar surface area (TPSA) is 145 Å². The maximum absolute atomic E-state index is 13.0. The summed E-state index contributed by atoms with van der Waals surface area (Å²) in [7, 11) is -4.08. The molecule has 10 nitrogen and oxygen atoms in total. The zero-order chi connectivity index (χ0) is 25.7. The highest BCUT2D eigenvalue weighted by atomic mass is 32.2. The van der Waals surface area contributed by atoms with E-state index >= 15 is 0 Å². The van der Waals surface area contributed by atoms with Crippen LogP contribution in [0.1, 0.15) is 44.2 Å². The second kappa shape index (κ2) is 11.5. The Morgan fingerprint density at radius 1 is 1.19 bits per heavy atom. The lowest BCUT2D eigenvalue weighted by Crippen LogP contribution is -2.48. The molecule has 12 heteroatoms. The molecule has 2 aromatic rings. The van der Waals surface area contributed by atoms with Crippen molar-refractivity contribution in [1.82, 2.24) is 20.3 Å². The summed E-state index contributed by atoms with van der Waals surface area (Å²) < 4.78 is 27.1. The normalized spacial score (nSPS) is 17.4. The first kappa shape index (κ1) is 26.3. The van der Waals surface area contributed by atoms with Crippen LogP contribution in [0, 0.1) is 5.92 Å². The number of thiophene rings is 1. The Morgan fingerprint density at radius 3 is 2.61 bits per heavy atom. The Labute approximate surface area is 214 Å². The molecule has 194 valence electrons. The maximum Gasteiger partial charge on any atom is 0.323 e. The number of benzene rings is 1. The summed E-state index contributed by atoms with van der Waals surface area (Å²) in [5.74, 6) is -1.43. The lowest BCUT2D eigenvalue weighted by molar-refractivity contribution is -0.138. The van der Waals surface area contributed by atoms with E-state index in [2.05, 4.69) is 15.4 Å². The number of piperidine rings is 1. The van der Waals surface area contributed by atoms with Gasteiger partial charge in [0, 0.05) is 30.9 Å². The molecule has 1 saturated heterocycles. The summed E-state index contributed by atoms with van der Waals surface area (Å²) in [6, 6.07) is 7.40. The van der Waals surface area contributed by atoms with E-state index < -0.39 is 34.5 Å². The van der Waals surface area contributed by atoms with Crippen LogP contribution in [0.25, 0.3) is 0 Å². The van der Waals surface area contributed by atoms with Gasteiger partial charge in [-0.25, -0.2) is 8.42 Å². The van der Waals surface area contributed by atoms with E-state index in [1.165, 1.54) is 35.6 Å². The van der Waals surface area contributed by atoms with Crippen molar-refractivity contribution in [1.29, 1.82) is 0 Å². The monoisotopic (exact) mass is 534 g/mol. The SMILES string of the molecule is O=C(NC[C@H](NS(=O)(=O)c1ccccc1)C(=O)O)c1cc2c(s1)CCN(CCC1CCNCC1)C2=O. The molecule has 3 heterocycles. The van der Waals surface area contributed by atoms with Gasteiger partial charge < -0.3 is 20.6 Å². The number of nitrogens with zero attached hydrogens (tertiary/aromatic N) is 1. The van der Waals surface area contributed by atoms with Crippen molar-refractivity contribution in [2.24, 2.45) is 5.92 Å². The minimum atomic E-state index is -4.08. The molecule has 2 aliphatic rings. The van der Waals surface area contributed by atoms with Crippen LogP contribution < -0.4 is 15.4 Å². The van der Waals surface area contributed by atoms with Crippen molar-refractivity contribution in [2.75, 3.05) is 32.7 Å². The van der Waals surface area contributed by atoms with Crippen LogP contribution in [0.5, 0.6) is 0 Å². The molecule has 36 heavy (non-hydrogen) atoms. The number of hydrogen-bond acceptors (Lipinski definition) is 7. The van der Waals surface area contributed by atoms with Crippen molar-refractivity contribution in [3.63, 3.8) is 0 Å². The van der Waals surface area contributed by atoms with Gasteiger partial charge in [0.1, 0.15) is 6.04 Å². The quantitative estimate of drug-likeness (QED) is 0.360. The Morgan fingerprint density at radius 2 is 1.92 bits per heavy atom. The highest BCUT2D eigenvalue weighted by Crippen LogP contribution is 2.29. The van der Waals surface area contributed by atoms with E-state index in [9.17, 15) is 27.9 Å². The molecule has 0 unspecified atom stereocenters. The van der Waals surface area contributed by atoms with Gasteiger partial charge in [0.2, 0.25) is 10.0 Å². The van der Waals surface area contributed by atoms with E-state index in [0.29, 0.717) is 35.9 Å². The number of sulfonamides is 1. The molecule has 1 atom stereocenters. The van der Waals surface area contributed by atoms with Gasteiger partial charge in [-0.2, -0.15) is 4.72 Å². The standard InChI is InChI=1S/C24H30N4O6S2/c29-22(26-15-19(24(31)32)27-36(33,34)17-4-2-1-3-5-17)21-14-18-20(35-21)9-13-28(23(18)30)12-8-16-6-10-25-11-7-16/h1-5,14,16,19,25,27H,6-13,15H2,(H,26,29)(H,31,32)/t19-/m0/s1. The molecule has 0 radical (unpaired) electrons. The molecule has 2 amide bonds. The fraction of sp³-hybridized carbons (Fsp3) is 0.458. The Balaban J connectivity index is 1.35. The first-order chi connectivity index (χ1) is 17.2. The highest BCUT2D eigenvalue weighted by molar-refractivity contribution is 7.89. The second-order valence-corrected chi connectivity index (χ2v) is 11.9. The lowest BCUT2D eigenvalue weighted by Gasteiger charge is -2.29. The Kier molecular flexibility index (Phi) is 8.39. The van der Waals surface area contributed by atoms with Gasteiger partial charge in [-0.15, -0.1) is 11.3 Å². The summed E-state index contributed by atoms with van der Waals surface area (Å²) in [5.41, 5.74) is 0.515. The van der Waals surface area contributed by atoms with Gasteiger partial charge >= 0.3 is 5.97 Å². The van der Waals surface area contributed by atoms with E-state index in [1.807, 2.05) is 4.90 Å². The molecule has 0 spiro atoms. The second-order valence-electron chi connectivity index (χ2n) is 9.01. The molecule has 1 aromatic carbocycles. The van der Waals surface area contributed by atoms with Crippen molar-refractivity contribution < 1.29 is 27.9 Å². The Bertz CT molecular complexity index is 1210. The number of rotatable bonds is 10. The predicted octanol–water partition coefficient (Wildman–Crippen LogP) is 1.30. The molecule has 0 saturated carbocycles. The first-order valence-electron chi connectivity index (χ1n) is 12.0. The van der Waals surface area contributed by atoms with Crippen LogP contribution in [0.3, 0.4) is 0 Å². The van der Waals surface area contributed by atoms with Gasteiger partial charge in [0.25, 0.3) is 11.8 Å². The number of nitrogens with one attached hydrogen (secondary N) is 3. The molecule has 4 N–H and O–H groups in total. The average molecular weight is 535 g/mol. The lowest BCUT2D eigenvalue weighted by atomic mass is 9.94. The van der Waals surface area contributed by atoms with Gasteiger partial charge in [-0.3, -0.25) is 14.4 Å². The van der Waals surface area contributed by atoms with E-state index in [4.69, 9.17) is 0 Å². The molecule has 1 aromatic heterocycles. The van der Waals surface area contributed by atoms with Gasteiger partial charge in [0.15, 0.2) is 0 Å². The number of carbonyl (C=O) groups is 3. The fourth-order valence-corrected chi connectivity index (χ4v) is 6.72. The van der Waals surface area contributed by atoms with Crippen molar-refractivity contribution in [3.05, 3.63) is 51.7 Å². The minimum Gasteiger partial charge on any atom is -0.480 e. The van der Waals surface area contributed by atoms with Crippen molar-refractivity contribution in [2.45, 2.75) is 36.6 Å². The van der Waals surface area contributed by atoms with Crippen LogP contribution in [0.15, 0.2) is 41.3 Å². The summed E-state index contributed by atoms with van der Waals surface area (Å²) in [4.78, 5) is 40.3. The average Bonchev–Trinajstić information content (AvgIpc) is 3.32. The molecule has 2 aliphatic heterocycles. The molecule has 0 bridgehead atoms. The predicted molar refractivity (Wildman–Crippen MR) is 135 cm³/mol. The fourth-order valence-electron chi connectivity index (χ4n) is 4.45. The van der Waals surface area contributed by atoms with Crippen molar-refractivity contribution >= 4 is 39.1 Å². The van der Waals surface area contributed by atoms with E-state index in [0.717, 1.165) is 37.2 Å². The smallest absolute Gasteiger partial charge is 0.323 e. The number of fused-ring (bicyclic) bond motifs is 1. The highest BCUT2D eigenvalue weighted by Gasteiger charge is 2.30. The summed E-state index contributed by atoms with van der Waals surface area (Å²) >= 11 is 1.21. The summed E-state index contributed by atoms with van der Waals surface area (Å²) in [6.07, 6.45) is 3.87. The Hall–Kier alpha value is -2.80. The van der Waals surface area contributed by atoms with Crippen LogP contribution >= 0.6 is 11.3 Å². The van der Waals surface area contributed by atoms with Crippen LogP contribution in [-0.4, -0.2) is 75.0 Å². The van der Waals surface area contributed by atoms with Gasteiger partial charge in [-0.05, 0) is 56.5 Å². The first-order valence-corrected chi connectivity index (χ1v) is 14.3. The van der Waals surface area contributed by atoms with Crippen LogP contribution in [0.4, 0.5) is 0 Å². The number of amides is 2. The van der Waals surface area contributed by atoms with Crippen molar-refractivity contribution in [3.8, 4) is 0 Å². The maximum atomic E-state index is 13.0. The largest absolute Gasteiger partial charge is 0.480 e. The minimum absolute atomic E-state index is 0.0725. The van der Waals surface area contributed by atoms with Gasteiger partial charge in [-0.1, -0.05) is 18.2 Å². The number of hydrogen-bond donors (Lipinski definition) is 4. The third-order valence-electron chi connectivity index (χ3n) is 6.54. The van der Waals surface area contributed by atoms with Gasteiger partial charge in [0.05, 0.1) is 15.3 Å². The molecule has 4 rings (SSSR count).